The fraction of sp³-hybridized carbons (Fsp3) is 1.00. The smallest absolute Gasteiger partial charge is 0.0689 e. The molecule has 2 heteroatoms. The molecule has 0 aliphatic heterocycles. The fourth-order valence-electron chi connectivity index (χ4n) is 2.59. The van der Waals surface area contributed by atoms with Gasteiger partial charge in [0, 0.05) is 12.6 Å². The lowest BCUT2D eigenvalue weighted by molar-refractivity contribution is 0.0476. The van der Waals surface area contributed by atoms with E-state index in [4.69, 9.17) is 0 Å². The van der Waals surface area contributed by atoms with Gasteiger partial charge in [-0.15, -0.1) is 0 Å². The first kappa shape index (κ1) is 13.0. The maximum absolute atomic E-state index is 9.87. The Morgan fingerprint density at radius 3 is 2.40 bits per heavy atom. The zero-order valence-electron chi connectivity index (χ0n) is 10.7. The van der Waals surface area contributed by atoms with Gasteiger partial charge >= 0.3 is 0 Å². The van der Waals surface area contributed by atoms with Crippen molar-refractivity contribution in [2.75, 3.05) is 13.6 Å². The summed E-state index contributed by atoms with van der Waals surface area (Å²) in [6.45, 7) is 7.35. The molecule has 3 unspecified atom stereocenters. The van der Waals surface area contributed by atoms with Crippen molar-refractivity contribution in [3.05, 3.63) is 0 Å². The van der Waals surface area contributed by atoms with Crippen molar-refractivity contribution in [2.45, 2.75) is 58.6 Å². The van der Waals surface area contributed by atoms with Crippen LogP contribution in [-0.2, 0) is 0 Å². The lowest BCUT2D eigenvalue weighted by atomic mass is 9.85. The van der Waals surface area contributed by atoms with Gasteiger partial charge in [-0.25, -0.2) is 0 Å². The minimum Gasteiger partial charge on any atom is -0.392 e. The van der Waals surface area contributed by atoms with Crippen LogP contribution in [-0.4, -0.2) is 35.7 Å². The van der Waals surface area contributed by atoms with Gasteiger partial charge in [0.15, 0.2) is 0 Å². The Labute approximate surface area is 94.7 Å². The largest absolute Gasteiger partial charge is 0.392 e. The summed E-state index contributed by atoms with van der Waals surface area (Å²) in [7, 11) is 2.16. The summed E-state index contributed by atoms with van der Waals surface area (Å²) < 4.78 is 0. The maximum atomic E-state index is 9.87. The second-order valence-corrected chi connectivity index (χ2v) is 5.58. The van der Waals surface area contributed by atoms with E-state index in [1.807, 2.05) is 0 Å². The minimum absolute atomic E-state index is 0.177. The van der Waals surface area contributed by atoms with Gasteiger partial charge < -0.3 is 10.0 Å². The van der Waals surface area contributed by atoms with Crippen molar-refractivity contribution >= 4 is 0 Å². The molecule has 2 nitrogen and oxygen atoms in total. The van der Waals surface area contributed by atoms with E-state index in [9.17, 15) is 5.11 Å². The van der Waals surface area contributed by atoms with E-state index < -0.39 is 0 Å². The number of rotatable bonds is 4. The summed E-state index contributed by atoms with van der Waals surface area (Å²) in [6.07, 6.45) is 5.23. The Bertz CT molecular complexity index is 181. The molecule has 0 aromatic carbocycles. The van der Waals surface area contributed by atoms with E-state index in [2.05, 4.69) is 32.7 Å². The predicted octanol–water partition coefficient (Wildman–Crippen LogP) is 2.51. The van der Waals surface area contributed by atoms with Crippen LogP contribution < -0.4 is 0 Å². The first-order valence-electron chi connectivity index (χ1n) is 6.40. The predicted molar refractivity (Wildman–Crippen MR) is 64.9 cm³/mol. The molecule has 0 aromatic heterocycles. The van der Waals surface area contributed by atoms with Gasteiger partial charge in [0.1, 0.15) is 0 Å². The molecule has 0 amide bonds. The van der Waals surface area contributed by atoms with E-state index in [1.165, 1.54) is 25.7 Å². The van der Waals surface area contributed by atoms with Crippen LogP contribution in [0.3, 0.4) is 0 Å². The lowest BCUT2D eigenvalue weighted by Gasteiger charge is -2.37. The molecular formula is C13H27NO. The SMILES string of the molecule is CC(C)C(O)CN(C)C1CCCCC1C. The van der Waals surface area contributed by atoms with Crippen LogP contribution in [0.5, 0.6) is 0 Å². The summed E-state index contributed by atoms with van der Waals surface area (Å²) >= 11 is 0. The molecule has 0 spiro atoms. The van der Waals surface area contributed by atoms with Gasteiger partial charge in [0.25, 0.3) is 0 Å². The third-order valence-corrected chi connectivity index (χ3v) is 3.88. The monoisotopic (exact) mass is 213 g/mol. The van der Waals surface area contributed by atoms with Crippen molar-refractivity contribution in [3.63, 3.8) is 0 Å². The standard InChI is InChI=1S/C13H27NO/c1-10(2)13(15)9-14(4)12-8-6-5-7-11(12)3/h10-13,15H,5-9H2,1-4H3. The molecule has 1 aliphatic rings. The number of aliphatic hydroxyl groups excluding tert-OH is 1. The molecule has 0 heterocycles. The summed E-state index contributed by atoms with van der Waals surface area (Å²) in [6, 6.07) is 0.687. The second kappa shape index (κ2) is 5.86. The highest BCUT2D eigenvalue weighted by molar-refractivity contribution is 4.80. The molecule has 0 bridgehead atoms. The van der Waals surface area contributed by atoms with Crippen molar-refractivity contribution < 1.29 is 5.11 Å². The molecule has 0 aromatic rings. The normalized spacial score (nSPS) is 29.8. The average Bonchev–Trinajstić information content (AvgIpc) is 2.18. The van der Waals surface area contributed by atoms with Gasteiger partial charge in [-0.2, -0.15) is 0 Å². The quantitative estimate of drug-likeness (QED) is 0.775. The molecule has 0 radical (unpaired) electrons. The summed E-state index contributed by atoms with van der Waals surface area (Å²) in [5.74, 6) is 1.16. The highest BCUT2D eigenvalue weighted by Gasteiger charge is 2.26. The number of likely N-dealkylation sites (N-methyl/N-ethyl adjacent to an activating group) is 1. The fourth-order valence-corrected chi connectivity index (χ4v) is 2.59. The molecule has 1 N–H and O–H groups in total. The van der Waals surface area contributed by atoms with E-state index >= 15 is 0 Å². The van der Waals surface area contributed by atoms with Gasteiger partial charge in [0.05, 0.1) is 6.10 Å². The Balaban J connectivity index is 2.41. The molecule has 90 valence electrons. The number of aliphatic hydroxyl groups is 1. The molecular weight excluding hydrogens is 186 g/mol. The summed E-state index contributed by atoms with van der Waals surface area (Å²) in [4.78, 5) is 2.37. The highest BCUT2D eigenvalue weighted by Crippen LogP contribution is 2.27. The molecule has 1 saturated carbocycles. The average molecular weight is 213 g/mol. The molecule has 15 heavy (non-hydrogen) atoms. The van der Waals surface area contributed by atoms with E-state index in [-0.39, 0.29) is 6.10 Å². The van der Waals surface area contributed by atoms with Crippen LogP contribution in [0, 0.1) is 11.8 Å². The Morgan fingerprint density at radius 2 is 1.87 bits per heavy atom. The van der Waals surface area contributed by atoms with Crippen LogP contribution in [0.4, 0.5) is 0 Å². The summed E-state index contributed by atoms with van der Waals surface area (Å²) in [5.41, 5.74) is 0. The maximum Gasteiger partial charge on any atom is 0.0689 e. The molecule has 0 saturated heterocycles. The molecule has 1 rings (SSSR count). The van der Waals surface area contributed by atoms with Crippen LogP contribution in [0.1, 0.15) is 46.5 Å². The highest BCUT2D eigenvalue weighted by atomic mass is 16.3. The summed E-state index contributed by atoms with van der Waals surface area (Å²) in [5, 5.41) is 9.87. The van der Waals surface area contributed by atoms with Crippen LogP contribution in [0.15, 0.2) is 0 Å². The molecule has 3 atom stereocenters. The topological polar surface area (TPSA) is 23.5 Å². The van der Waals surface area contributed by atoms with E-state index in [0.717, 1.165) is 12.5 Å². The molecule has 1 fully saturated rings. The number of nitrogens with zero attached hydrogens (tertiary/aromatic N) is 1. The lowest BCUT2D eigenvalue weighted by Crippen LogP contribution is -2.43. The van der Waals surface area contributed by atoms with E-state index in [0.29, 0.717) is 12.0 Å². The second-order valence-electron chi connectivity index (χ2n) is 5.58. The Morgan fingerprint density at radius 1 is 1.27 bits per heavy atom. The Hall–Kier alpha value is -0.0800. The van der Waals surface area contributed by atoms with Gasteiger partial charge in [-0.05, 0) is 31.7 Å². The third kappa shape index (κ3) is 3.76. The zero-order valence-corrected chi connectivity index (χ0v) is 10.7. The van der Waals surface area contributed by atoms with Crippen LogP contribution >= 0.6 is 0 Å². The van der Waals surface area contributed by atoms with Crippen molar-refractivity contribution in [1.82, 2.24) is 4.90 Å². The van der Waals surface area contributed by atoms with Gasteiger partial charge in [0.2, 0.25) is 0 Å². The van der Waals surface area contributed by atoms with E-state index in [1.54, 1.807) is 0 Å². The van der Waals surface area contributed by atoms with Gasteiger partial charge in [-0.1, -0.05) is 33.6 Å². The van der Waals surface area contributed by atoms with Crippen molar-refractivity contribution in [2.24, 2.45) is 11.8 Å². The van der Waals surface area contributed by atoms with Crippen LogP contribution in [0.2, 0.25) is 0 Å². The first-order chi connectivity index (χ1) is 7.02. The van der Waals surface area contributed by atoms with Crippen LogP contribution in [0.25, 0.3) is 0 Å². The molecule has 1 aliphatic carbocycles. The van der Waals surface area contributed by atoms with Crippen molar-refractivity contribution in [1.29, 1.82) is 0 Å². The minimum atomic E-state index is -0.177. The number of hydrogen-bond acceptors (Lipinski definition) is 2. The van der Waals surface area contributed by atoms with Crippen molar-refractivity contribution in [3.8, 4) is 0 Å². The Kier molecular flexibility index (Phi) is 5.07. The van der Waals surface area contributed by atoms with Gasteiger partial charge in [-0.3, -0.25) is 0 Å². The first-order valence-corrected chi connectivity index (χ1v) is 6.40. The zero-order chi connectivity index (χ0) is 11.4. The third-order valence-electron chi connectivity index (χ3n) is 3.88. The number of hydrogen-bond donors (Lipinski definition) is 1.